The summed E-state index contributed by atoms with van der Waals surface area (Å²) in [5.74, 6) is 0.909. The molecule has 4 rings (SSSR count). The summed E-state index contributed by atoms with van der Waals surface area (Å²) in [6.07, 6.45) is 2.08. The molecule has 1 aliphatic carbocycles. The summed E-state index contributed by atoms with van der Waals surface area (Å²) in [4.78, 5) is 4.86. The summed E-state index contributed by atoms with van der Waals surface area (Å²) in [6.45, 7) is 5.86. The van der Waals surface area contributed by atoms with Crippen LogP contribution in [-0.4, -0.2) is 42.5 Å². The molecule has 2 aliphatic heterocycles. The van der Waals surface area contributed by atoms with E-state index in [1.165, 1.54) is 50.9 Å². The smallest absolute Gasteiger partial charge is 0.302 e. The molecule has 0 unspecified atom stereocenters. The maximum atomic E-state index is 13.2. The fourth-order valence-corrected chi connectivity index (χ4v) is 4.80. The average Bonchev–Trinajstić information content (AvgIpc) is 3.29. The molecule has 2 heterocycles. The van der Waals surface area contributed by atoms with Crippen molar-refractivity contribution in [3.63, 3.8) is 0 Å². The molecular formula is C20H27F3N2. The van der Waals surface area contributed by atoms with Gasteiger partial charge in [0.1, 0.15) is 0 Å². The van der Waals surface area contributed by atoms with Gasteiger partial charge < -0.3 is 4.90 Å². The van der Waals surface area contributed by atoms with Crippen LogP contribution in [0.2, 0.25) is 0 Å². The van der Waals surface area contributed by atoms with E-state index in [2.05, 4.69) is 9.80 Å². The molecule has 1 saturated carbocycles. The standard InChI is InChI=1S/C20H27F3N2/c21-20(22,23)18-5-2-1-4-17(18)13-25-11-9-19(15-25)8-3-10-24(14-19)12-16-6-7-16/h1-2,4-5,16H,3,6-15H2/t19-/m0/s1. The van der Waals surface area contributed by atoms with E-state index >= 15 is 0 Å². The topological polar surface area (TPSA) is 6.48 Å². The zero-order valence-electron chi connectivity index (χ0n) is 14.7. The molecule has 0 N–H and O–H groups in total. The Morgan fingerprint density at radius 3 is 2.52 bits per heavy atom. The van der Waals surface area contributed by atoms with Gasteiger partial charge in [0.25, 0.3) is 0 Å². The minimum absolute atomic E-state index is 0.306. The minimum atomic E-state index is -4.26. The lowest BCUT2D eigenvalue weighted by Gasteiger charge is -2.40. The fourth-order valence-electron chi connectivity index (χ4n) is 4.80. The second-order valence-electron chi connectivity index (χ2n) is 8.40. The van der Waals surface area contributed by atoms with Crippen molar-refractivity contribution in [2.75, 3.05) is 32.7 Å². The number of hydrogen-bond donors (Lipinski definition) is 0. The van der Waals surface area contributed by atoms with Crippen molar-refractivity contribution in [2.45, 2.75) is 44.8 Å². The molecule has 1 spiro atoms. The Morgan fingerprint density at radius 2 is 1.76 bits per heavy atom. The van der Waals surface area contributed by atoms with E-state index in [9.17, 15) is 13.2 Å². The maximum Gasteiger partial charge on any atom is 0.416 e. The first kappa shape index (κ1) is 17.3. The van der Waals surface area contributed by atoms with Crippen molar-refractivity contribution in [1.82, 2.24) is 9.80 Å². The molecule has 25 heavy (non-hydrogen) atoms. The molecule has 3 aliphatic rings. The van der Waals surface area contributed by atoms with E-state index < -0.39 is 11.7 Å². The number of alkyl halides is 3. The van der Waals surface area contributed by atoms with Gasteiger partial charge in [-0.2, -0.15) is 13.2 Å². The first-order valence-corrected chi connectivity index (χ1v) is 9.53. The van der Waals surface area contributed by atoms with Crippen LogP contribution in [0.25, 0.3) is 0 Å². The van der Waals surface area contributed by atoms with Crippen molar-refractivity contribution >= 4 is 0 Å². The highest BCUT2D eigenvalue weighted by Gasteiger charge is 2.42. The van der Waals surface area contributed by atoms with E-state index in [-0.39, 0.29) is 0 Å². The zero-order valence-corrected chi connectivity index (χ0v) is 14.7. The Labute approximate surface area is 148 Å². The van der Waals surface area contributed by atoms with Gasteiger partial charge in [0, 0.05) is 26.2 Å². The number of halogens is 3. The molecule has 138 valence electrons. The summed E-state index contributed by atoms with van der Waals surface area (Å²) >= 11 is 0. The Kier molecular flexibility index (Phi) is 4.57. The van der Waals surface area contributed by atoms with Crippen LogP contribution in [0.3, 0.4) is 0 Å². The van der Waals surface area contributed by atoms with Crippen LogP contribution in [0.4, 0.5) is 13.2 Å². The van der Waals surface area contributed by atoms with Gasteiger partial charge in [0.2, 0.25) is 0 Å². The van der Waals surface area contributed by atoms with Gasteiger partial charge in [-0.15, -0.1) is 0 Å². The van der Waals surface area contributed by atoms with E-state index in [4.69, 9.17) is 0 Å². The van der Waals surface area contributed by atoms with Gasteiger partial charge >= 0.3 is 6.18 Å². The highest BCUT2D eigenvalue weighted by Crippen LogP contribution is 2.41. The minimum Gasteiger partial charge on any atom is -0.302 e. The van der Waals surface area contributed by atoms with Gasteiger partial charge in [-0.25, -0.2) is 0 Å². The summed E-state index contributed by atoms with van der Waals surface area (Å²) in [5.41, 5.74) is 0.244. The predicted molar refractivity (Wildman–Crippen MR) is 92.2 cm³/mol. The number of piperidine rings is 1. The Balaban J connectivity index is 1.41. The molecule has 5 heteroatoms. The lowest BCUT2D eigenvalue weighted by Crippen LogP contribution is -2.45. The third-order valence-corrected chi connectivity index (χ3v) is 6.19. The van der Waals surface area contributed by atoms with E-state index in [1.54, 1.807) is 12.1 Å². The van der Waals surface area contributed by atoms with Gasteiger partial charge in [0.05, 0.1) is 5.56 Å². The number of benzene rings is 1. The van der Waals surface area contributed by atoms with Crippen LogP contribution in [0.15, 0.2) is 24.3 Å². The van der Waals surface area contributed by atoms with Crippen LogP contribution >= 0.6 is 0 Å². The summed E-state index contributed by atoms with van der Waals surface area (Å²) in [6, 6.07) is 6.04. The Hall–Kier alpha value is -1.07. The maximum absolute atomic E-state index is 13.2. The summed E-state index contributed by atoms with van der Waals surface area (Å²) in [5, 5.41) is 0. The van der Waals surface area contributed by atoms with E-state index in [0.717, 1.165) is 32.0 Å². The average molecular weight is 352 g/mol. The molecule has 3 fully saturated rings. The second-order valence-corrected chi connectivity index (χ2v) is 8.40. The molecule has 1 aromatic carbocycles. The van der Waals surface area contributed by atoms with Gasteiger partial charge in [-0.3, -0.25) is 4.90 Å². The molecule has 2 saturated heterocycles. The number of likely N-dealkylation sites (tertiary alicyclic amines) is 2. The third-order valence-electron chi connectivity index (χ3n) is 6.19. The van der Waals surface area contributed by atoms with E-state index in [1.807, 2.05) is 0 Å². The third kappa shape index (κ3) is 4.03. The zero-order chi connectivity index (χ0) is 17.5. The first-order valence-electron chi connectivity index (χ1n) is 9.53. The highest BCUT2D eigenvalue weighted by molar-refractivity contribution is 5.29. The van der Waals surface area contributed by atoms with Crippen molar-refractivity contribution in [3.8, 4) is 0 Å². The van der Waals surface area contributed by atoms with Gasteiger partial charge in [-0.05, 0) is 68.2 Å². The molecular weight excluding hydrogens is 325 g/mol. The largest absolute Gasteiger partial charge is 0.416 e. The van der Waals surface area contributed by atoms with Gasteiger partial charge in [-0.1, -0.05) is 18.2 Å². The van der Waals surface area contributed by atoms with Crippen LogP contribution in [0.1, 0.15) is 43.2 Å². The van der Waals surface area contributed by atoms with Crippen molar-refractivity contribution in [3.05, 3.63) is 35.4 Å². The Bertz CT molecular complexity index is 611. The number of hydrogen-bond acceptors (Lipinski definition) is 2. The number of rotatable bonds is 4. The highest BCUT2D eigenvalue weighted by atomic mass is 19.4. The van der Waals surface area contributed by atoms with Crippen LogP contribution in [0, 0.1) is 11.3 Å². The second kappa shape index (κ2) is 6.58. The molecule has 0 radical (unpaired) electrons. The molecule has 2 nitrogen and oxygen atoms in total. The lowest BCUT2D eigenvalue weighted by atomic mass is 9.79. The molecule has 0 aromatic heterocycles. The molecule has 1 atom stereocenters. The Morgan fingerprint density at radius 1 is 1.00 bits per heavy atom. The first-order chi connectivity index (χ1) is 11.9. The molecule has 0 amide bonds. The fraction of sp³-hybridized carbons (Fsp3) is 0.700. The normalized spacial score (nSPS) is 28.8. The SMILES string of the molecule is FC(F)(F)c1ccccc1CN1CC[C@]2(CCCN(CC3CC3)C2)C1. The number of nitrogens with zero attached hydrogens (tertiary/aromatic N) is 2. The van der Waals surface area contributed by atoms with Crippen molar-refractivity contribution in [2.24, 2.45) is 11.3 Å². The summed E-state index contributed by atoms with van der Waals surface area (Å²) in [7, 11) is 0. The van der Waals surface area contributed by atoms with Crippen LogP contribution in [-0.2, 0) is 12.7 Å². The predicted octanol–water partition coefficient (Wildman–Crippen LogP) is 4.40. The monoisotopic (exact) mass is 352 g/mol. The summed E-state index contributed by atoms with van der Waals surface area (Å²) < 4.78 is 39.7. The van der Waals surface area contributed by atoms with E-state index in [0.29, 0.717) is 17.5 Å². The van der Waals surface area contributed by atoms with Crippen molar-refractivity contribution < 1.29 is 13.2 Å². The van der Waals surface area contributed by atoms with Crippen molar-refractivity contribution in [1.29, 1.82) is 0 Å². The molecule has 1 aromatic rings. The van der Waals surface area contributed by atoms with Gasteiger partial charge in [0.15, 0.2) is 0 Å². The molecule has 0 bridgehead atoms. The quantitative estimate of drug-likeness (QED) is 0.792. The lowest BCUT2D eigenvalue weighted by molar-refractivity contribution is -0.138. The van der Waals surface area contributed by atoms with Crippen LogP contribution < -0.4 is 0 Å². The van der Waals surface area contributed by atoms with Crippen LogP contribution in [0.5, 0.6) is 0 Å².